The summed E-state index contributed by atoms with van der Waals surface area (Å²) in [4.78, 5) is 4.87. The molecule has 2 nitrogen and oxygen atoms in total. The molecule has 2 aromatic carbocycles. The minimum atomic E-state index is 0.301. The summed E-state index contributed by atoms with van der Waals surface area (Å²) in [5.74, 6) is 0.860. The molecule has 1 unspecified atom stereocenters. The van der Waals surface area contributed by atoms with Crippen LogP contribution in [0.1, 0.15) is 25.8 Å². The number of benzene rings is 2. The minimum Gasteiger partial charge on any atom is -0.456 e. The maximum absolute atomic E-state index is 6.10. The van der Waals surface area contributed by atoms with E-state index in [9.17, 15) is 0 Å². The van der Waals surface area contributed by atoms with E-state index in [1.54, 1.807) is 0 Å². The molecule has 0 N–H and O–H groups in total. The fourth-order valence-electron chi connectivity index (χ4n) is 2.46. The van der Waals surface area contributed by atoms with E-state index in [4.69, 9.17) is 9.41 Å². The fourth-order valence-corrected chi connectivity index (χ4v) is 2.46. The van der Waals surface area contributed by atoms with Gasteiger partial charge in [0.15, 0.2) is 0 Å². The van der Waals surface area contributed by atoms with Crippen LogP contribution in [0.4, 0.5) is 0 Å². The van der Waals surface area contributed by atoms with Crippen LogP contribution < -0.4 is 5.36 Å². The Morgan fingerprint density at radius 2 is 1.82 bits per heavy atom. The Morgan fingerprint density at radius 3 is 2.55 bits per heavy atom. The number of fused-ring (bicyclic) bond motifs is 1. The van der Waals surface area contributed by atoms with E-state index in [1.807, 2.05) is 24.3 Å². The van der Waals surface area contributed by atoms with Gasteiger partial charge in [0.1, 0.15) is 11.3 Å². The van der Waals surface area contributed by atoms with Gasteiger partial charge >= 0.3 is 0 Å². The number of nitrogens with zero attached hydrogens (tertiary/aromatic N) is 1. The maximum Gasteiger partial charge on any atom is 0.136 e. The Kier molecular flexibility index (Phi) is 4.10. The first-order valence-electron chi connectivity index (χ1n) is 7.81. The van der Waals surface area contributed by atoms with Crippen molar-refractivity contribution in [3.8, 4) is 11.3 Å². The summed E-state index contributed by atoms with van der Waals surface area (Å²) in [5.41, 5.74) is 3.18. The lowest BCUT2D eigenvalue weighted by atomic mass is 10.1. The lowest BCUT2D eigenvalue weighted by molar-refractivity contribution is 0.616. The van der Waals surface area contributed by atoms with E-state index in [2.05, 4.69) is 51.1 Å². The van der Waals surface area contributed by atoms with Gasteiger partial charge in [-0.15, -0.1) is 0 Å². The van der Waals surface area contributed by atoms with Crippen LogP contribution in [-0.2, 0) is 0 Å². The SMILES string of the molecule is CCC(C)N=c1cc(-c2ccccc2)oc2ccc(C)cc12. The van der Waals surface area contributed by atoms with Crippen LogP contribution in [-0.4, -0.2) is 6.04 Å². The first-order chi connectivity index (χ1) is 10.7. The molecular weight excluding hydrogens is 270 g/mol. The van der Waals surface area contributed by atoms with Crippen LogP contribution in [0.25, 0.3) is 22.3 Å². The molecule has 0 radical (unpaired) electrons. The van der Waals surface area contributed by atoms with Crippen LogP contribution in [0.2, 0.25) is 0 Å². The molecule has 0 aliphatic carbocycles. The molecule has 1 aromatic heterocycles. The second-order valence-corrected chi connectivity index (χ2v) is 5.75. The predicted molar refractivity (Wildman–Crippen MR) is 91.7 cm³/mol. The average Bonchev–Trinajstić information content (AvgIpc) is 2.55. The molecule has 0 fully saturated rings. The van der Waals surface area contributed by atoms with Crippen molar-refractivity contribution in [1.29, 1.82) is 0 Å². The van der Waals surface area contributed by atoms with Gasteiger partial charge in [-0.05, 0) is 32.4 Å². The molecule has 0 saturated carbocycles. The number of hydrogen-bond acceptors (Lipinski definition) is 2. The smallest absolute Gasteiger partial charge is 0.136 e. The molecule has 1 atom stereocenters. The molecular formula is C20H21NO. The van der Waals surface area contributed by atoms with Gasteiger partial charge in [0.05, 0.1) is 5.36 Å². The highest BCUT2D eigenvalue weighted by Gasteiger charge is 2.06. The Bertz CT molecular complexity index is 846. The Balaban J connectivity index is 2.30. The van der Waals surface area contributed by atoms with Crippen LogP contribution >= 0.6 is 0 Å². The van der Waals surface area contributed by atoms with Crippen LogP contribution in [0, 0.1) is 6.92 Å². The van der Waals surface area contributed by atoms with Crippen molar-refractivity contribution in [2.45, 2.75) is 33.2 Å². The van der Waals surface area contributed by atoms with Gasteiger partial charge in [0, 0.05) is 23.1 Å². The van der Waals surface area contributed by atoms with Gasteiger partial charge in [-0.1, -0.05) is 48.9 Å². The van der Waals surface area contributed by atoms with E-state index < -0.39 is 0 Å². The molecule has 3 rings (SSSR count). The lowest BCUT2D eigenvalue weighted by Crippen LogP contribution is -2.09. The summed E-state index contributed by atoms with van der Waals surface area (Å²) in [6.07, 6.45) is 1.03. The second-order valence-electron chi connectivity index (χ2n) is 5.75. The molecule has 2 heteroatoms. The number of rotatable bonds is 3. The predicted octanol–water partition coefficient (Wildman–Crippen LogP) is 5.11. The van der Waals surface area contributed by atoms with E-state index in [0.717, 1.165) is 34.1 Å². The highest BCUT2D eigenvalue weighted by molar-refractivity contribution is 5.79. The van der Waals surface area contributed by atoms with Crippen molar-refractivity contribution >= 4 is 11.0 Å². The van der Waals surface area contributed by atoms with Crippen molar-refractivity contribution in [2.24, 2.45) is 4.99 Å². The van der Waals surface area contributed by atoms with Crippen molar-refractivity contribution in [3.05, 3.63) is 65.5 Å². The van der Waals surface area contributed by atoms with Crippen molar-refractivity contribution < 1.29 is 4.42 Å². The van der Waals surface area contributed by atoms with E-state index in [0.29, 0.717) is 6.04 Å². The monoisotopic (exact) mass is 291 g/mol. The average molecular weight is 291 g/mol. The van der Waals surface area contributed by atoms with Crippen LogP contribution in [0.3, 0.4) is 0 Å². The molecule has 3 aromatic rings. The largest absolute Gasteiger partial charge is 0.456 e. The molecule has 1 heterocycles. The van der Waals surface area contributed by atoms with E-state index >= 15 is 0 Å². The van der Waals surface area contributed by atoms with Crippen molar-refractivity contribution in [3.63, 3.8) is 0 Å². The van der Waals surface area contributed by atoms with Gasteiger partial charge in [-0.25, -0.2) is 0 Å². The summed E-state index contributed by atoms with van der Waals surface area (Å²) in [6, 6.07) is 18.8. The summed E-state index contributed by atoms with van der Waals surface area (Å²) in [7, 11) is 0. The van der Waals surface area contributed by atoms with E-state index in [-0.39, 0.29) is 0 Å². The quantitative estimate of drug-likeness (QED) is 0.658. The standard InChI is InChI=1S/C20H21NO/c1-4-15(3)21-18-13-20(16-8-6-5-7-9-16)22-19-11-10-14(2)12-17(18)19/h5-13,15H,4H2,1-3H3. The second kappa shape index (κ2) is 6.18. The molecule has 22 heavy (non-hydrogen) atoms. The highest BCUT2D eigenvalue weighted by atomic mass is 16.3. The third-order valence-electron chi connectivity index (χ3n) is 3.91. The molecule has 0 spiro atoms. The zero-order valence-electron chi connectivity index (χ0n) is 13.3. The number of hydrogen-bond donors (Lipinski definition) is 0. The first-order valence-corrected chi connectivity index (χ1v) is 7.81. The fraction of sp³-hybridized carbons (Fsp3) is 0.250. The topological polar surface area (TPSA) is 25.5 Å². The Hall–Kier alpha value is -2.35. The van der Waals surface area contributed by atoms with E-state index in [1.165, 1.54) is 5.56 Å². The molecule has 0 bridgehead atoms. The normalized spacial score (nSPS) is 13.5. The molecule has 112 valence electrons. The van der Waals surface area contributed by atoms with Crippen molar-refractivity contribution in [2.75, 3.05) is 0 Å². The van der Waals surface area contributed by atoms with Crippen molar-refractivity contribution in [1.82, 2.24) is 0 Å². The lowest BCUT2D eigenvalue weighted by Gasteiger charge is -2.07. The summed E-state index contributed by atoms with van der Waals surface area (Å²) < 4.78 is 6.10. The third-order valence-corrected chi connectivity index (χ3v) is 3.91. The van der Waals surface area contributed by atoms with Gasteiger partial charge in [-0.3, -0.25) is 4.99 Å². The third kappa shape index (κ3) is 2.96. The highest BCUT2D eigenvalue weighted by Crippen LogP contribution is 2.22. The number of aryl methyl sites for hydroxylation is 1. The minimum absolute atomic E-state index is 0.301. The summed E-state index contributed by atoms with van der Waals surface area (Å²) in [5, 5.41) is 2.10. The van der Waals surface area contributed by atoms with Gasteiger partial charge < -0.3 is 4.42 Å². The zero-order chi connectivity index (χ0) is 15.5. The molecule has 0 aliphatic heterocycles. The zero-order valence-corrected chi connectivity index (χ0v) is 13.3. The summed E-state index contributed by atoms with van der Waals surface area (Å²) in [6.45, 7) is 6.40. The first kappa shape index (κ1) is 14.6. The molecule has 0 saturated heterocycles. The van der Waals surface area contributed by atoms with Gasteiger partial charge in [0.2, 0.25) is 0 Å². The molecule has 0 aliphatic rings. The Labute approximate surface area is 131 Å². The Morgan fingerprint density at radius 1 is 1.05 bits per heavy atom. The summed E-state index contributed by atoms with van der Waals surface area (Å²) >= 11 is 0. The van der Waals surface area contributed by atoms with Crippen LogP contribution in [0.5, 0.6) is 0 Å². The maximum atomic E-state index is 6.10. The molecule has 0 amide bonds. The van der Waals surface area contributed by atoms with Gasteiger partial charge in [-0.2, -0.15) is 0 Å². The van der Waals surface area contributed by atoms with Crippen LogP contribution in [0.15, 0.2) is 64.0 Å². The van der Waals surface area contributed by atoms with Gasteiger partial charge in [0.25, 0.3) is 0 Å².